The number of nitrogens with zero attached hydrogens (tertiary/aromatic N) is 2. The van der Waals surface area contributed by atoms with Gasteiger partial charge in [-0.3, -0.25) is 5.43 Å². The van der Waals surface area contributed by atoms with E-state index in [1.807, 2.05) is 26.8 Å². The lowest BCUT2D eigenvalue weighted by molar-refractivity contribution is -0.136. The van der Waals surface area contributed by atoms with E-state index >= 15 is 0 Å². The van der Waals surface area contributed by atoms with Crippen LogP contribution in [0.25, 0.3) is 5.69 Å². The number of rotatable bonds is 11. The van der Waals surface area contributed by atoms with E-state index in [-0.39, 0.29) is 12.2 Å². The molecule has 0 fully saturated rings. The number of benzene rings is 2. The Balaban J connectivity index is 1.43. The number of allylic oxidation sites excluding steroid dienone is 1. The zero-order chi connectivity index (χ0) is 31.3. The maximum Gasteiger partial charge on any atom is 0.337 e. The Kier molecular flexibility index (Phi) is 10.3. The molecule has 11 nitrogen and oxygen atoms in total. The lowest BCUT2D eigenvalue weighted by Gasteiger charge is -2.28. The molecule has 2 amide bonds. The van der Waals surface area contributed by atoms with Crippen molar-refractivity contribution in [1.82, 2.24) is 20.6 Å². The average Bonchev–Trinajstić information content (AvgIpc) is 3.25. The maximum atomic E-state index is 12.4. The first-order valence-electron chi connectivity index (χ1n) is 13.7. The summed E-state index contributed by atoms with van der Waals surface area (Å²) in [5.41, 5.74) is 9.31. The number of hydrogen-bond acceptors (Lipinski definition) is 8. The third-order valence-electron chi connectivity index (χ3n) is 6.97. The molecule has 0 spiro atoms. The van der Waals surface area contributed by atoms with Gasteiger partial charge in [-0.05, 0) is 105 Å². The summed E-state index contributed by atoms with van der Waals surface area (Å²) in [4.78, 5) is 24.6. The summed E-state index contributed by atoms with van der Waals surface area (Å²) in [6.07, 6.45) is 0.567. The molecule has 12 heteroatoms. The monoisotopic (exact) mass is 701 g/mol. The molecule has 4 rings (SSSR count). The van der Waals surface area contributed by atoms with E-state index in [0.29, 0.717) is 29.4 Å². The van der Waals surface area contributed by atoms with Gasteiger partial charge in [-0.25, -0.2) is 9.59 Å². The number of aromatic nitrogens is 1. The first-order valence-corrected chi connectivity index (χ1v) is 14.8. The average molecular weight is 702 g/mol. The standard InChI is InChI=1S/C31H36IN5O6/c1-7-42-26-14-21(29-28(30(39)41-6)19(4)34-31(40)35-29)8-11-25(26)43-16-27(38)36-33-15-22-13-18(3)37(20(22)5)23-9-10-24(32)17(2)12-23/h8-15,27,29,36,38H,7,16H2,1-6H3,(H2,34,35,40)/b33-15+/t27-,29-/m1/s1. The Labute approximate surface area is 264 Å². The van der Waals surface area contributed by atoms with Crippen molar-refractivity contribution in [2.24, 2.45) is 5.10 Å². The van der Waals surface area contributed by atoms with Crippen LogP contribution in [0.15, 0.2) is 58.8 Å². The molecule has 0 aliphatic carbocycles. The van der Waals surface area contributed by atoms with Gasteiger partial charge in [0.25, 0.3) is 0 Å². The molecule has 3 aromatic rings. The van der Waals surface area contributed by atoms with Crippen LogP contribution in [0.3, 0.4) is 0 Å². The van der Waals surface area contributed by atoms with Crippen molar-refractivity contribution in [2.75, 3.05) is 20.3 Å². The van der Waals surface area contributed by atoms with Crippen LogP contribution in [0.1, 0.15) is 48.0 Å². The molecule has 0 saturated heterocycles. The lowest BCUT2D eigenvalue weighted by atomic mass is 9.95. The van der Waals surface area contributed by atoms with E-state index in [9.17, 15) is 14.7 Å². The number of urea groups is 1. The van der Waals surface area contributed by atoms with Gasteiger partial charge in [-0.1, -0.05) is 6.07 Å². The Morgan fingerprint density at radius 3 is 2.60 bits per heavy atom. The van der Waals surface area contributed by atoms with Gasteiger partial charge in [0.05, 0.1) is 31.5 Å². The number of ether oxygens (including phenoxy) is 3. The third kappa shape index (κ3) is 7.31. The Morgan fingerprint density at radius 1 is 1.14 bits per heavy atom. The topological polar surface area (TPSA) is 135 Å². The molecule has 2 aromatic carbocycles. The summed E-state index contributed by atoms with van der Waals surface area (Å²) in [6.45, 7) is 9.86. The van der Waals surface area contributed by atoms with Crippen molar-refractivity contribution in [3.8, 4) is 17.2 Å². The highest BCUT2D eigenvalue weighted by Crippen LogP contribution is 2.35. The van der Waals surface area contributed by atoms with Gasteiger partial charge in [0.2, 0.25) is 0 Å². The van der Waals surface area contributed by atoms with Crippen LogP contribution in [-0.2, 0) is 9.53 Å². The highest BCUT2D eigenvalue weighted by molar-refractivity contribution is 14.1. The largest absolute Gasteiger partial charge is 0.490 e. The number of carbonyl (C=O) groups excluding carboxylic acids is 2. The molecular weight excluding hydrogens is 665 g/mol. The zero-order valence-corrected chi connectivity index (χ0v) is 27.1. The van der Waals surface area contributed by atoms with Gasteiger partial charge in [0, 0.05) is 31.9 Å². The van der Waals surface area contributed by atoms with Crippen molar-refractivity contribution in [3.63, 3.8) is 0 Å². The predicted octanol–water partition coefficient (Wildman–Crippen LogP) is 4.53. The van der Waals surface area contributed by atoms with Crippen LogP contribution in [0.5, 0.6) is 11.5 Å². The summed E-state index contributed by atoms with van der Waals surface area (Å²) in [5.74, 6) is 0.214. The summed E-state index contributed by atoms with van der Waals surface area (Å²) in [7, 11) is 1.28. The first kappa shape index (κ1) is 31.9. The quantitative estimate of drug-likeness (QED) is 0.0759. The van der Waals surface area contributed by atoms with Crippen LogP contribution in [0.2, 0.25) is 0 Å². The molecule has 2 atom stereocenters. The zero-order valence-electron chi connectivity index (χ0n) is 24.9. The van der Waals surface area contributed by atoms with Gasteiger partial charge in [0.15, 0.2) is 17.7 Å². The molecule has 0 unspecified atom stereocenters. The molecule has 4 N–H and O–H groups in total. The second kappa shape index (κ2) is 14.0. The Morgan fingerprint density at radius 2 is 1.91 bits per heavy atom. The maximum absolute atomic E-state index is 12.4. The van der Waals surface area contributed by atoms with E-state index in [1.54, 1.807) is 31.3 Å². The SMILES string of the molecule is CCOc1cc([C@H]2NC(=O)NC(C)=C2C(=O)OC)ccc1OC[C@@H](O)N/N=C/c1cc(C)n(-c2ccc(I)c(C)c2)c1C. The summed E-state index contributed by atoms with van der Waals surface area (Å²) in [6, 6.07) is 12.3. The Bertz CT molecular complexity index is 1580. The van der Waals surface area contributed by atoms with E-state index in [4.69, 9.17) is 14.2 Å². The van der Waals surface area contributed by atoms with Gasteiger partial charge in [-0.15, -0.1) is 0 Å². The van der Waals surface area contributed by atoms with E-state index in [0.717, 1.165) is 22.6 Å². The van der Waals surface area contributed by atoms with Gasteiger partial charge >= 0.3 is 12.0 Å². The van der Waals surface area contributed by atoms with Gasteiger partial charge in [0.1, 0.15) is 6.61 Å². The van der Waals surface area contributed by atoms with Crippen LogP contribution in [0, 0.1) is 24.3 Å². The minimum absolute atomic E-state index is 0.117. The van der Waals surface area contributed by atoms with E-state index < -0.39 is 24.3 Å². The summed E-state index contributed by atoms with van der Waals surface area (Å²) in [5, 5.41) is 20.1. The number of esters is 1. The smallest absolute Gasteiger partial charge is 0.337 e. The lowest BCUT2D eigenvalue weighted by Crippen LogP contribution is -2.45. The molecular formula is C31H36IN5O6. The van der Waals surface area contributed by atoms with Gasteiger partial charge in [-0.2, -0.15) is 5.10 Å². The van der Waals surface area contributed by atoms with Crippen LogP contribution < -0.4 is 25.5 Å². The number of carbonyl (C=O) groups is 2. The number of amides is 2. The van der Waals surface area contributed by atoms with Crippen molar-refractivity contribution in [3.05, 3.63) is 85.4 Å². The fraction of sp³-hybridized carbons (Fsp3) is 0.323. The molecule has 0 bridgehead atoms. The molecule has 0 saturated carbocycles. The first-order chi connectivity index (χ1) is 20.5. The number of hydrogen-bond donors (Lipinski definition) is 4. The fourth-order valence-electron chi connectivity index (χ4n) is 4.90. The molecule has 1 aromatic heterocycles. The van der Waals surface area contributed by atoms with Gasteiger partial charge < -0.3 is 34.5 Å². The minimum atomic E-state index is -1.10. The van der Waals surface area contributed by atoms with E-state index in [2.05, 4.69) is 73.4 Å². The summed E-state index contributed by atoms with van der Waals surface area (Å²) < 4.78 is 19.9. The molecule has 228 valence electrons. The molecule has 2 heterocycles. The number of methoxy groups -OCH3 is 1. The van der Waals surface area contributed by atoms with Crippen molar-refractivity contribution < 1.29 is 28.9 Å². The number of nitrogens with one attached hydrogen (secondary N) is 3. The Hall–Kier alpha value is -4.04. The number of aliphatic hydroxyl groups excluding tert-OH is 1. The van der Waals surface area contributed by atoms with Crippen LogP contribution in [-0.4, -0.2) is 54.4 Å². The predicted molar refractivity (Wildman–Crippen MR) is 172 cm³/mol. The molecule has 43 heavy (non-hydrogen) atoms. The number of hydrazone groups is 1. The second-order valence-corrected chi connectivity index (χ2v) is 11.2. The number of halogens is 1. The summed E-state index contributed by atoms with van der Waals surface area (Å²) >= 11 is 2.33. The molecule has 0 radical (unpaired) electrons. The van der Waals surface area contributed by atoms with Crippen molar-refractivity contribution in [2.45, 2.75) is 46.9 Å². The van der Waals surface area contributed by atoms with E-state index in [1.165, 1.54) is 16.2 Å². The van der Waals surface area contributed by atoms with Crippen molar-refractivity contribution in [1.29, 1.82) is 0 Å². The molecule has 1 aliphatic heterocycles. The normalized spacial score (nSPS) is 15.6. The third-order valence-corrected chi connectivity index (χ3v) is 8.18. The minimum Gasteiger partial charge on any atom is -0.490 e. The fourth-order valence-corrected chi connectivity index (χ4v) is 5.23. The molecule has 1 aliphatic rings. The highest BCUT2D eigenvalue weighted by Gasteiger charge is 2.32. The second-order valence-electron chi connectivity index (χ2n) is 10.0. The van der Waals surface area contributed by atoms with Crippen LogP contribution in [0.4, 0.5) is 4.79 Å². The number of aliphatic hydroxyl groups is 1. The number of aryl methyl sites for hydroxylation is 2. The van der Waals surface area contributed by atoms with Crippen molar-refractivity contribution >= 4 is 40.8 Å². The highest BCUT2D eigenvalue weighted by atomic mass is 127. The van der Waals surface area contributed by atoms with Crippen LogP contribution >= 0.6 is 22.6 Å².